The molecule has 102 valence electrons. The standard InChI is InChI=1S/C15H21N3S/c1-3-18(4-2)11-10-16-15-17-14(12-19-15)13-8-6-5-7-9-13/h5-9,12H,3-4,10-11H2,1-2H3,(H,16,17). The van der Waals surface area contributed by atoms with E-state index in [0.29, 0.717) is 0 Å². The molecule has 1 aromatic heterocycles. The summed E-state index contributed by atoms with van der Waals surface area (Å²) in [5, 5.41) is 6.51. The fraction of sp³-hybridized carbons (Fsp3) is 0.400. The number of likely N-dealkylation sites (N-methyl/N-ethyl adjacent to an activating group) is 1. The first kappa shape index (κ1) is 14.0. The third kappa shape index (κ3) is 4.04. The number of hydrogen-bond donors (Lipinski definition) is 1. The molecule has 1 heterocycles. The van der Waals surface area contributed by atoms with Crippen molar-refractivity contribution in [1.29, 1.82) is 0 Å². The summed E-state index contributed by atoms with van der Waals surface area (Å²) in [6.07, 6.45) is 0. The van der Waals surface area contributed by atoms with Gasteiger partial charge in [0.25, 0.3) is 0 Å². The van der Waals surface area contributed by atoms with Gasteiger partial charge in [0, 0.05) is 24.0 Å². The Kier molecular flexibility index (Phi) is 5.36. The van der Waals surface area contributed by atoms with Crippen molar-refractivity contribution in [3.05, 3.63) is 35.7 Å². The average Bonchev–Trinajstić information content (AvgIpc) is 2.93. The van der Waals surface area contributed by atoms with Crippen LogP contribution in [0, 0.1) is 0 Å². The molecule has 3 nitrogen and oxygen atoms in total. The van der Waals surface area contributed by atoms with Crippen LogP contribution in [0.1, 0.15) is 13.8 Å². The van der Waals surface area contributed by atoms with Gasteiger partial charge in [-0.1, -0.05) is 44.2 Å². The van der Waals surface area contributed by atoms with Gasteiger partial charge in [0.15, 0.2) is 5.13 Å². The number of nitrogens with zero attached hydrogens (tertiary/aromatic N) is 2. The van der Waals surface area contributed by atoms with E-state index in [2.05, 4.69) is 46.6 Å². The molecule has 1 aromatic carbocycles. The molecule has 0 fully saturated rings. The Hall–Kier alpha value is -1.39. The lowest BCUT2D eigenvalue weighted by Gasteiger charge is -2.17. The van der Waals surface area contributed by atoms with E-state index < -0.39 is 0 Å². The largest absolute Gasteiger partial charge is 0.360 e. The van der Waals surface area contributed by atoms with Crippen LogP contribution in [-0.2, 0) is 0 Å². The maximum Gasteiger partial charge on any atom is 0.183 e. The summed E-state index contributed by atoms with van der Waals surface area (Å²) < 4.78 is 0. The first-order valence-electron chi connectivity index (χ1n) is 6.80. The maximum absolute atomic E-state index is 4.62. The Morgan fingerprint density at radius 2 is 1.89 bits per heavy atom. The summed E-state index contributed by atoms with van der Waals surface area (Å²) >= 11 is 1.67. The Bertz CT molecular complexity index is 477. The van der Waals surface area contributed by atoms with Gasteiger partial charge < -0.3 is 10.2 Å². The normalized spacial score (nSPS) is 10.9. The van der Waals surface area contributed by atoms with Gasteiger partial charge in [-0.3, -0.25) is 0 Å². The van der Waals surface area contributed by atoms with E-state index in [4.69, 9.17) is 0 Å². The smallest absolute Gasteiger partial charge is 0.183 e. The summed E-state index contributed by atoms with van der Waals surface area (Å²) in [4.78, 5) is 7.02. The second-order valence-corrected chi connectivity index (χ2v) is 5.22. The lowest BCUT2D eigenvalue weighted by atomic mass is 10.2. The van der Waals surface area contributed by atoms with Crippen LogP contribution in [0.25, 0.3) is 11.3 Å². The van der Waals surface area contributed by atoms with E-state index in [0.717, 1.165) is 37.0 Å². The first-order valence-corrected chi connectivity index (χ1v) is 7.68. The number of aromatic nitrogens is 1. The molecule has 4 heteroatoms. The molecular formula is C15H21N3S. The van der Waals surface area contributed by atoms with E-state index in [9.17, 15) is 0 Å². The predicted molar refractivity (Wildman–Crippen MR) is 83.8 cm³/mol. The third-order valence-corrected chi connectivity index (χ3v) is 3.97. The van der Waals surface area contributed by atoms with Crippen LogP contribution >= 0.6 is 11.3 Å². The molecule has 0 unspecified atom stereocenters. The fourth-order valence-corrected chi connectivity index (χ4v) is 2.71. The topological polar surface area (TPSA) is 28.2 Å². The van der Waals surface area contributed by atoms with E-state index in [1.165, 1.54) is 5.56 Å². The van der Waals surface area contributed by atoms with Crippen molar-refractivity contribution in [2.24, 2.45) is 0 Å². The number of anilines is 1. The zero-order chi connectivity index (χ0) is 13.5. The van der Waals surface area contributed by atoms with Crippen LogP contribution in [0.4, 0.5) is 5.13 Å². The highest BCUT2D eigenvalue weighted by molar-refractivity contribution is 7.14. The van der Waals surface area contributed by atoms with Crippen LogP contribution in [0.3, 0.4) is 0 Å². The van der Waals surface area contributed by atoms with Crippen LogP contribution in [-0.4, -0.2) is 36.1 Å². The highest BCUT2D eigenvalue weighted by Crippen LogP contribution is 2.24. The zero-order valence-electron chi connectivity index (χ0n) is 11.6. The molecule has 0 aliphatic carbocycles. The van der Waals surface area contributed by atoms with Gasteiger partial charge in [0.1, 0.15) is 0 Å². The van der Waals surface area contributed by atoms with Crippen molar-refractivity contribution in [1.82, 2.24) is 9.88 Å². The van der Waals surface area contributed by atoms with Gasteiger partial charge in [-0.05, 0) is 13.1 Å². The molecule has 0 atom stereocenters. The first-order chi connectivity index (χ1) is 9.33. The van der Waals surface area contributed by atoms with Crippen molar-refractivity contribution in [3.63, 3.8) is 0 Å². The third-order valence-electron chi connectivity index (χ3n) is 3.17. The molecule has 0 amide bonds. The monoisotopic (exact) mass is 275 g/mol. The summed E-state index contributed by atoms with van der Waals surface area (Å²) in [7, 11) is 0. The second-order valence-electron chi connectivity index (χ2n) is 4.36. The predicted octanol–water partition coefficient (Wildman–Crippen LogP) is 3.56. The number of thiazole rings is 1. The highest BCUT2D eigenvalue weighted by Gasteiger charge is 2.04. The fourth-order valence-electron chi connectivity index (χ4n) is 1.96. The minimum Gasteiger partial charge on any atom is -0.360 e. The second kappa shape index (κ2) is 7.26. The minimum atomic E-state index is 0.948. The van der Waals surface area contributed by atoms with Crippen molar-refractivity contribution in [3.8, 4) is 11.3 Å². The molecule has 0 aliphatic rings. The Morgan fingerprint density at radius 3 is 2.58 bits per heavy atom. The van der Waals surface area contributed by atoms with Gasteiger partial charge in [-0.25, -0.2) is 4.98 Å². The summed E-state index contributed by atoms with van der Waals surface area (Å²) in [5.41, 5.74) is 2.23. The molecule has 0 saturated heterocycles. The van der Waals surface area contributed by atoms with Crippen molar-refractivity contribution in [2.45, 2.75) is 13.8 Å². The maximum atomic E-state index is 4.62. The van der Waals surface area contributed by atoms with Gasteiger partial charge in [0.05, 0.1) is 5.69 Å². The number of rotatable bonds is 7. The van der Waals surface area contributed by atoms with E-state index in [1.54, 1.807) is 11.3 Å². The zero-order valence-corrected chi connectivity index (χ0v) is 12.4. The number of nitrogens with one attached hydrogen (secondary N) is 1. The van der Waals surface area contributed by atoms with Crippen LogP contribution in [0.2, 0.25) is 0 Å². The van der Waals surface area contributed by atoms with Gasteiger partial charge >= 0.3 is 0 Å². The van der Waals surface area contributed by atoms with Gasteiger partial charge in [-0.2, -0.15) is 0 Å². The van der Waals surface area contributed by atoms with Crippen LogP contribution in [0.5, 0.6) is 0 Å². The average molecular weight is 275 g/mol. The molecule has 19 heavy (non-hydrogen) atoms. The van der Waals surface area contributed by atoms with Gasteiger partial charge in [-0.15, -0.1) is 11.3 Å². The SMILES string of the molecule is CCN(CC)CCNc1nc(-c2ccccc2)cs1. The van der Waals surface area contributed by atoms with Crippen LogP contribution in [0.15, 0.2) is 35.7 Å². The van der Waals surface area contributed by atoms with Crippen molar-refractivity contribution < 1.29 is 0 Å². The van der Waals surface area contributed by atoms with Crippen molar-refractivity contribution in [2.75, 3.05) is 31.5 Å². The summed E-state index contributed by atoms with van der Waals surface area (Å²) in [6, 6.07) is 10.3. The lowest BCUT2D eigenvalue weighted by Crippen LogP contribution is -2.28. The molecule has 0 bridgehead atoms. The quantitative estimate of drug-likeness (QED) is 0.837. The van der Waals surface area contributed by atoms with Gasteiger partial charge in [0.2, 0.25) is 0 Å². The number of hydrogen-bond acceptors (Lipinski definition) is 4. The Balaban J connectivity index is 1.88. The van der Waals surface area contributed by atoms with Crippen molar-refractivity contribution >= 4 is 16.5 Å². The van der Waals surface area contributed by atoms with E-state index in [1.807, 2.05) is 18.2 Å². The molecule has 0 saturated carbocycles. The molecule has 2 aromatic rings. The summed E-state index contributed by atoms with van der Waals surface area (Å²) in [5.74, 6) is 0. The minimum absolute atomic E-state index is 0.948. The lowest BCUT2D eigenvalue weighted by molar-refractivity contribution is 0.316. The Labute approximate surface area is 119 Å². The molecule has 1 N–H and O–H groups in total. The molecular weight excluding hydrogens is 254 g/mol. The highest BCUT2D eigenvalue weighted by atomic mass is 32.1. The van der Waals surface area contributed by atoms with E-state index >= 15 is 0 Å². The van der Waals surface area contributed by atoms with E-state index in [-0.39, 0.29) is 0 Å². The molecule has 0 radical (unpaired) electrons. The molecule has 0 spiro atoms. The number of benzene rings is 1. The Morgan fingerprint density at radius 1 is 1.16 bits per heavy atom. The molecule has 2 rings (SSSR count). The molecule has 0 aliphatic heterocycles. The van der Waals surface area contributed by atoms with Crippen LogP contribution < -0.4 is 5.32 Å². The summed E-state index contributed by atoms with van der Waals surface area (Å²) in [6.45, 7) is 8.61.